The maximum absolute atomic E-state index is 11.8. The van der Waals surface area contributed by atoms with E-state index in [1.54, 1.807) is 6.21 Å². The molecule has 0 heterocycles. The van der Waals surface area contributed by atoms with Crippen LogP contribution in [0.5, 0.6) is 5.75 Å². The van der Waals surface area contributed by atoms with Gasteiger partial charge in [-0.1, -0.05) is 75.8 Å². The lowest BCUT2D eigenvalue weighted by atomic mass is 10.1. The summed E-state index contributed by atoms with van der Waals surface area (Å²) in [6.45, 7) is 2.77. The van der Waals surface area contributed by atoms with Crippen molar-refractivity contribution in [2.45, 2.75) is 64.9 Å². The van der Waals surface area contributed by atoms with Crippen LogP contribution >= 0.6 is 0 Å². The Kier molecular flexibility index (Phi) is 10.5. The zero-order valence-corrected chi connectivity index (χ0v) is 16.9. The molecule has 2 rings (SSSR count). The second-order valence-electron chi connectivity index (χ2n) is 7.01. The highest BCUT2D eigenvalue weighted by atomic mass is 16.5. The van der Waals surface area contributed by atoms with E-state index in [0.717, 1.165) is 29.7 Å². The molecule has 0 radical (unpaired) electrons. The molecule has 0 atom stereocenters. The number of benzene rings is 2. The van der Waals surface area contributed by atoms with Gasteiger partial charge in [0.25, 0.3) is 0 Å². The van der Waals surface area contributed by atoms with Crippen LogP contribution < -0.4 is 10.2 Å². The van der Waals surface area contributed by atoms with Crippen LogP contribution in [0.4, 0.5) is 0 Å². The monoisotopic (exact) mass is 380 g/mol. The minimum Gasteiger partial charge on any atom is -0.489 e. The van der Waals surface area contributed by atoms with E-state index in [1.165, 1.54) is 32.1 Å². The van der Waals surface area contributed by atoms with E-state index >= 15 is 0 Å². The number of carbonyl (C=O) groups excluding carboxylic acids is 1. The SMILES string of the molecule is CCCCCCCCCC(=O)N/N=C\c1ccc(OCc2ccccc2)cc1. The summed E-state index contributed by atoms with van der Waals surface area (Å²) in [4.78, 5) is 11.8. The Morgan fingerprint density at radius 1 is 0.929 bits per heavy atom. The number of hydrogen-bond acceptors (Lipinski definition) is 3. The summed E-state index contributed by atoms with van der Waals surface area (Å²) in [5.74, 6) is 0.789. The van der Waals surface area contributed by atoms with Crippen molar-refractivity contribution in [3.05, 3.63) is 65.7 Å². The lowest BCUT2D eigenvalue weighted by Gasteiger charge is -2.06. The molecule has 4 heteroatoms. The molecule has 0 aliphatic rings. The van der Waals surface area contributed by atoms with E-state index in [1.807, 2.05) is 54.6 Å². The van der Waals surface area contributed by atoms with Crippen LogP contribution in [0.2, 0.25) is 0 Å². The first-order valence-electron chi connectivity index (χ1n) is 10.4. The molecule has 1 N–H and O–H groups in total. The molecular formula is C24H32N2O2. The summed E-state index contributed by atoms with van der Waals surface area (Å²) in [6.07, 6.45) is 10.6. The molecule has 0 aromatic heterocycles. The number of rotatable bonds is 13. The summed E-state index contributed by atoms with van der Waals surface area (Å²) in [5, 5.41) is 4.04. The first kappa shape index (κ1) is 21.7. The van der Waals surface area contributed by atoms with Gasteiger partial charge in [-0.25, -0.2) is 5.43 Å². The van der Waals surface area contributed by atoms with E-state index in [-0.39, 0.29) is 5.91 Å². The fraction of sp³-hybridized carbons (Fsp3) is 0.417. The van der Waals surface area contributed by atoms with Crippen LogP contribution in [0, 0.1) is 0 Å². The maximum Gasteiger partial charge on any atom is 0.240 e. The van der Waals surface area contributed by atoms with Gasteiger partial charge in [-0.2, -0.15) is 5.10 Å². The molecule has 0 aliphatic heterocycles. The van der Waals surface area contributed by atoms with Crippen LogP contribution in [0.1, 0.15) is 69.4 Å². The summed E-state index contributed by atoms with van der Waals surface area (Å²) in [6, 6.07) is 17.7. The van der Waals surface area contributed by atoms with Gasteiger partial charge in [0, 0.05) is 6.42 Å². The summed E-state index contributed by atoms with van der Waals surface area (Å²) >= 11 is 0. The Morgan fingerprint density at radius 3 is 2.32 bits per heavy atom. The van der Waals surface area contributed by atoms with Crippen molar-refractivity contribution in [1.82, 2.24) is 5.43 Å². The molecule has 2 aromatic carbocycles. The number of ether oxygens (including phenoxy) is 1. The summed E-state index contributed by atoms with van der Waals surface area (Å²) in [7, 11) is 0. The number of hydrazone groups is 1. The van der Waals surface area contributed by atoms with Gasteiger partial charge in [0.1, 0.15) is 12.4 Å². The quantitative estimate of drug-likeness (QED) is 0.269. The van der Waals surface area contributed by atoms with Gasteiger partial charge in [0.15, 0.2) is 0 Å². The molecule has 0 fully saturated rings. The predicted molar refractivity (Wildman–Crippen MR) is 116 cm³/mol. The molecule has 0 unspecified atom stereocenters. The standard InChI is InChI=1S/C24H32N2O2/c1-2-3-4-5-6-7-11-14-24(27)26-25-19-21-15-17-23(18-16-21)28-20-22-12-9-8-10-13-22/h8-10,12-13,15-19H,2-7,11,14,20H2,1H3,(H,26,27)/b25-19-. The fourth-order valence-electron chi connectivity index (χ4n) is 2.87. The molecule has 28 heavy (non-hydrogen) atoms. The van der Waals surface area contributed by atoms with Crippen LogP contribution in [0.25, 0.3) is 0 Å². The zero-order valence-electron chi connectivity index (χ0n) is 16.9. The molecule has 1 amide bonds. The Hall–Kier alpha value is -2.62. The average molecular weight is 381 g/mol. The molecule has 0 saturated carbocycles. The first-order chi connectivity index (χ1) is 13.8. The third-order valence-corrected chi connectivity index (χ3v) is 4.54. The van der Waals surface area contributed by atoms with Crippen LogP contribution in [0.15, 0.2) is 59.7 Å². The van der Waals surface area contributed by atoms with E-state index in [2.05, 4.69) is 17.5 Å². The smallest absolute Gasteiger partial charge is 0.240 e. The van der Waals surface area contributed by atoms with Gasteiger partial charge in [-0.3, -0.25) is 4.79 Å². The number of hydrogen-bond donors (Lipinski definition) is 1. The number of carbonyl (C=O) groups is 1. The van der Waals surface area contributed by atoms with Crippen LogP contribution in [-0.4, -0.2) is 12.1 Å². The zero-order chi connectivity index (χ0) is 19.9. The van der Waals surface area contributed by atoms with Crippen molar-refractivity contribution in [2.75, 3.05) is 0 Å². The maximum atomic E-state index is 11.8. The Balaban J connectivity index is 1.60. The lowest BCUT2D eigenvalue weighted by molar-refractivity contribution is -0.121. The van der Waals surface area contributed by atoms with Gasteiger partial charge in [0.2, 0.25) is 5.91 Å². The molecular weight excluding hydrogens is 348 g/mol. The van der Waals surface area contributed by atoms with Crippen molar-refractivity contribution in [3.8, 4) is 5.75 Å². The molecule has 0 saturated heterocycles. The third-order valence-electron chi connectivity index (χ3n) is 4.54. The fourth-order valence-corrected chi connectivity index (χ4v) is 2.87. The average Bonchev–Trinajstić information content (AvgIpc) is 2.73. The molecule has 0 spiro atoms. The highest BCUT2D eigenvalue weighted by Gasteiger charge is 2.00. The van der Waals surface area contributed by atoms with E-state index in [9.17, 15) is 4.79 Å². The van der Waals surface area contributed by atoms with E-state index in [0.29, 0.717) is 13.0 Å². The van der Waals surface area contributed by atoms with Gasteiger partial charge >= 0.3 is 0 Å². The molecule has 4 nitrogen and oxygen atoms in total. The minimum absolute atomic E-state index is 0.0207. The summed E-state index contributed by atoms with van der Waals surface area (Å²) in [5.41, 5.74) is 4.66. The Labute approximate surface area is 169 Å². The minimum atomic E-state index is -0.0207. The molecule has 0 aliphatic carbocycles. The topological polar surface area (TPSA) is 50.7 Å². The molecule has 0 bridgehead atoms. The largest absolute Gasteiger partial charge is 0.489 e. The number of amides is 1. The second kappa shape index (κ2) is 13.5. The predicted octanol–water partition coefficient (Wildman–Crippen LogP) is 5.86. The molecule has 2 aromatic rings. The van der Waals surface area contributed by atoms with Crippen LogP contribution in [-0.2, 0) is 11.4 Å². The van der Waals surface area contributed by atoms with Crippen molar-refractivity contribution in [3.63, 3.8) is 0 Å². The normalized spacial score (nSPS) is 10.9. The third kappa shape index (κ3) is 9.36. The highest BCUT2D eigenvalue weighted by molar-refractivity contribution is 5.82. The van der Waals surface area contributed by atoms with E-state index in [4.69, 9.17) is 4.74 Å². The van der Waals surface area contributed by atoms with Gasteiger partial charge < -0.3 is 4.74 Å². The van der Waals surface area contributed by atoms with E-state index < -0.39 is 0 Å². The Bertz CT molecular complexity index is 696. The van der Waals surface area contributed by atoms with Gasteiger partial charge in [-0.05, 0) is 41.8 Å². The Morgan fingerprint density at radius 2 is 1.61 bits per heavy atom. The van der Waals surface area contributed by atoms with Crippen molar-refractivity contribution >= 4 is 12.1 Å². The number of nitrogens with one attached hydrogen (secondary N) is 1. The molecule has 150 valence electrons. The van der Waals surface area contributed by atoms with Crippen molar-refractivity contribution in [2.24, 2.45) is 5.10 Å². The lowest BCUT2D eigenvalue weighted by Crippen LogP contribution is -2.16. The number of unbranched alkanes of at least 4 members (excludes halogenated alkanes) is 6. The van der Waals surface area contributed by atoms with Crippen LogP contribution in [0.3, 0.4) is 0 Å². The second-order valence-corrected chi connectivity index (χ2v) is 7.01. The summed E-state index contributed by atoms with van der Waals surface area (Å²) < 4.78 is 5.76. The van der Waals surface area contributed by atoms with Crippen molar-refractivity contribution in [1.29, 1.82) is 0 Å². The number of nitrogens with zero attached hydrogens (tertiary/aromatic N) is 1. The highest BCUT2D eigenvalue weighted by Crippen LogP contribution is 2.13. The van der Waals surface area contributed by atoms with Crippen molar-refractivity contribution < 1.29 is 9.53 Å². The van der Waals surface area contributed by atoms with Gasteiger partial charge in [0.05, 0.1) is 6.21 Å². The first-order valence-corrected chi connectivity index (χ1v) is 10.4. The van der Waals surface area contributed by atoms with Gasteiger partial charge in [-0.15, -0.1) is 0 Å².